The summed E-state index contributed by atoms with van der Waals surface area (Å²) in [7, 11) is 3.23. The van der Waals surface area contributed by atoms with E-state index in [2.05, 4.69) is 26.6 Å². The third-order valence-electron chi connectivity index (χ3n) is 7.46. The first-order valence-electron chi connectivity index (χ1n) is 13.4. The van der Waals surface area contributed by atoms with Crippen molar-refractivity contribution < 1.29 is 23.5 Å². The number of likely N-dealkylation sites (N-methyl/N-ethyl adjacent to an activating group) is 1. The molecule has 2 N–H and O–H groups in total. The van der Waals surface area contributed by atoms with Crippen LogP contribution in [0.2, 0.25) is 0 Å². The van der Waals surface area contributed by atoms with Crippen LogP contribution in [0.15, 0.2) is 83.3 Å². The number of rotatable bonds is 7. The van der Waals surface area contributed by atoms with Crippen molar-refractivity contribution >= 4 is 68.2 Å². The standard InChI is InChI=1S/C32H30BrFN4O4.ClH/c1-19(35-2)30(39)36-26-18-38(31(40)20-8-12-23(34)13-9-20)28-7-5-4-6-27(28)37(32(26)41)17-25-24-14-11-22(33)16-21(24)10-15-29(25)42-3;/h4-16,19,26,35H,17-18H2,1-3H3,(H,36,39);1H/t19-,26-;/m0./s1. The van der Waals surface area contributed by atoms with Crippen molar-refractivity contribution in [3.05, 3.63) is 100 Å². The molecule has 0 saturated carbocycles. The summed E-state index contributed by atoms with van der Waals surface area (Å²) in [6.07, 6.45) is 0. The third kappa shape index (κ3) is 6.51. The molecule has 3 amide bonds. The van der Waals surface area contributed by atoms with Gasteiger partial charge in [-0.3, -0.25) is 14.4 Å². The molecule has 0 spiro atoms. The zero-order chi connectivity index (χ0) is 30.0. The van der Waals surface area contributed by atoms with Crippen LogP contribution in [0.4, 0.5) is 15.8 Å². The Morgan fingerprint density at radius 2 is 1.74 bits per heavy atom. The Labute approximate surface area is 263 Å². The Hall–Kier alpha value is -3.99. The molecular weight excluding hydrogens is 639 g/mol. The molecule has 0 saturated heterocycles. The van der Waals surface area contributed by atoms with Gasteiger partial charge in [-0.05, 0) is 79.3 Å². The van der Waals surface area contributed by atoms with Gasteiger partial charge in [0.2, 0.25) is 5.91 Å². The van der Waals surface area contributed by atoms with Gasteiger partial charge in [-0.25, -0.2) is 4.39 Å². The van der Waals surface area contributed by atoms with Crippen molar-refractivity contribution in [2.24, 2.45) is 0 Å². The quantitative estimate of drug-likeness (QED) is 0.273. The van der Waals surface area contributed by atoms with E-state index in [-0.39, 0.29) is 42.9 Å². The third-order valence-corrected chi connectivity index (χ3v) is 7.95. The van der Waals surface area contributed by atoms with E-state index in [1.807, 2.05) is 30.3 Å². The minimum absolute atomic E-state index is 0. The molecule has 1 aliphatic rings. The average Bonchev–Trinajstić information content (AvgIpc) is 3.11. The molecule has 0 fully saturated rings. The molecule has 0 radical (unpaired) electrons. The van der Waals surface area contributed by atoms with Gasteiger partial charge < -0.3 is 25.2 Å². The molecule has 2 atom stereocenters. The van der Waals surface area contributed by atoms with Gasteiger partial charge in [0.15, 0.2) is 0 Å². The summed E-state index contributed by atoms with van der Waals surface area (Å²) in [5.74, 6) is -1.06. The van der Waals surface area contributed by atoms with Crippen LogP contribution in [-0.2, 0) is 16.1 Å². The molecule has 1 aliphatic heterocycles. The fourth-order valence-electron chi connectivity index (χ4n) is 5.08. The van der Waals surface area contributed by atoms with E-state index in [0.29, 0.717) is 17.1 Å². The lowest BCUT2D eigenvalue weighted by molar-refractivity contribution is -0.128. The monoisotopic (exact) mass is 668 g/mol. The first-order valence-corrected chi connectivity index (χ1v) is 14.2. The fraction of sp³-hybridized carbons (Fsp3) is 0.219. The Morgan fingerprint density at radius 3 is 2.42 bits per heavy atom. The van der Waals surface area contributed by atoms with Crippen molar-refractivity contribution in [3.8, 4) is 5.75 Å². The van der Waals surface area contributed by atoms with Gasteiger partial charge in [-0.2, -0.15) is 0 Å². The predicted molar refractivity (Wildman–Crippen MR) is 172 cm³/mol. The van der Waals surface area contributed by atoms with Crippen LogP contribution in [0.3, 0.4) is 0 Å². The number of halogens is 3. The molecule has 0 aromatic heterocycles. The van der Waals surface area contributed by atoms with Crippen LogP contribution >= 0.6 is 28.3 Å². The summed E-state index contributed by atoms with van der Waals surface area (Å²) in [6, 6.07) is 20.4. The summed E-state index contributed by atoms with van der Waals surface area (Å²) in [6.45, 7) is 1.68. The van der Waals surface area contributed by atoms with E-state index in [4.69, 9.17) is 4.74 Å². The zero-order valence-corrected chi connectivity index (χ0v) is 26.2. The topological polar surface area (TPSA) is 91.0 Å². The van der Waals surface area contributed by atoms with E-state index in [1.165, 1.54) is 29.2 Å². The molecule has 11 heteroatoms. The molecule has 1 heterocycles. The lowest BCUT2D eigenvalue weighted by Gasteiger charge is -2.27. The van der Waals surface area contributed by atoms with E-state index < -0.39 is 23.8 Å². The summed E-state index contributed by atoms with van der Waals surface area (Å²) in [5, 5.41) is 7.58. The highest BCUT2D eigenvalue weighted by Gasteiger charge is 2.38. The van der Waals surface area contributed by atoms with Crippen LogP contribution in [0, 0.1) is 5.82 Å². The minimum atomic E-state index is -1.07. The molecule has 0 aliphatic carbocycles. The number of hydrogen-bond acceptors (Lipinski definition) is 5. The second-order valence-corrected chi connectivity index (χ2v) is 10.9. The number of methoxy groups -OCH3 is 1. The number of benzene rings is 4. The predicted octanol–water partition coefficient (Wildman–Crippen LogP) is 5.46. The van der Waals surface area contributed by atoms with Crippen LogP contribution in [0.25, 0.3) is 10.8 Å². The number of carbonyl (C=O) groups is 3. The largest absolute Gasteiger partial charge is 0.496 e. The van der Waals surface area contributed by atoms with Gasteiger partial charge in [0.25, 0.3) is 11.8 Å². The number of fused-ring (bicyclic) bond motifs is 2. The van der Waals surface area contributed by atoms with Gasteiger partial charge in [0, 0.05) is 15.6 Å². The molecule has 224 valence electrons. The van der Waals surface area contributed by atoms with Crippen LogP contribution < -0.4 is 25.2 Å². The molecule has 4 aromatic rings. The van der Waals surface area contributed by atoms with E-state index in [9.17, 15) is 18.8 Å². The van der Waals surface area contributed by atoms with Crippen molar-refractivity contribution in [1.82, 2.24) is 10.6 Å². The number of ether oxygens (including phenoxy) is 1. The van der Waals surface area contributed by atoms with Crippen molar-refractivity contribution in [2.75, 3.05) is 30.5 Å². The van der Waals surface area contributed by atoms with Crippen LogP contribution in [0.5, 0.6) is 5.75 Å². The number of amides is 3. The number of nitrogens with zero attached hydrogens (tertiary/aromatic N) is 2. The van der Waals surface area contributed by atoms with E-state index >= 15 is 0 Å². The highest BCUT2D eigenvalue weighted by molar-refractivity contribution is 9.10. The average molecular weight is 670 g/mol. The Kier molecular flexibility index (Phi) is 10.1. The second kappa shape index (κ2) is 13.5. The van der Waals surface area contributed by atoms with E-state index in [0.717, 1.165) is 20.8 Å². The molecule has 8 nitrogen and oxygen atoms in total. The normalized spacial score (nSPS) is 15.3. The van der Waals surface area contributed by atoms with E-state index in [1.54, 1.807) is 50.2 Å². The molecule has 0 unspecified atom stereocenters. The number of anilines is 2. The highest BCUT2D eigenvalue weighted by atomic mass is 79.9. The fourth-order valence-corrected chi connectivity index (χ4v) is 5.46. The Morgan fingerprint density at radius 1 is 1.05 bits per heavy atom. The zero-order valence-electron chi connectivity index (χ0n) is 23.8. The molecule has 43 heavy (non-hydrogen) atoms. The number of para-hydroxylation sites is 2. The van der Waals surface area contributed by atoms with Gasteiger partial charge in [0.05, 0.1) is 37.6 Å². The van der Waals surface area contributed by atoms with Crippen molar-refractivity contribution in [2.45, 2.75) is 25.6 Å². The maximum Gasteiger partial charge on any atom is 0.258 e. The van der Waals surface area contributed by atoms with Gasteiger partial charge in [-0.15, -0.1) is 12.4 Å². The van der Waals surface area contributed by atoms with Gasteiger partial charge in [0.1, 0.15) is 17.6 Å². The Balaban J connectivity index is 0.00000423. The van der Waals surface area contributed by atoms with Crippen molar-refractivity contribution in [3.63, 3.8) is 0 Å². The summed E-state index contributed by atoms with van der Waals surface area (Å²) in [4.78, 5) is 44.3. The first-order chi connectivity index (χ1) is 20.2. The highest BCUT2D eigenvalue weighted by Crippen LogP contribution is 2.38. The molecule has 5 rings (SSSR count). The molecular formula is C32H31BrClFN4O4. The molecule has 4 aromatic carbocycles. The van der Waals surface area contributed by atoms with Gasteiger partial charge >= 0.3 is 0 Å². The van der Waals surface area contributed by atoms with Crippen LogP contribution in [0.1, 0.15) is 22.8 Å². The first kappa shape index (κ1) is 31.9. The summed E-state index contributed by atoms with van der Waals surface area (Å²) < 4.78 is 20.3. The second-order valence-electron chi connectivity index (χ2n) is 10.0. The van der Waals surface area contributed by atoms with Crippen molar-refractivity contribution in [1.29, 1.82) is 0 Å². The number of carbonyl (C=O) groups excluding carboxylic acids is 3. The summed E-state index contributed by atoms with van der Waals surface area (Å²) in [5.41, 5.74) is 2.01. The summed E-state index contributed by atoms with van der Waals surface area (Å²) >= 11 is 3.52. The minimum Gasteiger partial charge on any atom is -0.496 e. The lowest BCUT2D eigenvalue weighted by Crippen LogP contribution is -2.55. The smallest absolute Gasteiger partial charge is 0.258 e. The van der Waals surface area contributed by atoms with Crippen LogP contribution in [-0.4, -0.2) is 50.5 Å². The SMILES string of the molecule is CN[C@@H](C)C(=O)N[C@H]1CN(C(=O)c2ccc(F)cc2)c2ccccc2N(Cc2c(OC)ccc3cc(Br)ccc23)C1=O.Cl. The van der Waals surface area contributed by atoms with Gasteiger partial charge in [-0.1, -0.05) is 40.2 Å². The molecule has 0 bridgehead atoms. The maximum atomic E-state index is 14.4. The lowest BCUT2D eigenvalue weighted by atomic mass is 10.0. The Bertz CT molecular complexity index is 1670. The number of hydrogen-bond donors (Lipinski definition) is 2. The number of nitrogens with one attached hydrogen (secondary N) is 2. The maximum absolute atomic E-state index is 14.4.